The third-order valence-electron chi connectivity index (χ3n) is 13.6. The van der Waals surface area contributed by atoms with Crippen molar-refractivity contribution < 1.29 is 4.74 Å². The lowest BCUT2D eigenvalue weighted by Gasteiger charge is -2.33. The van der Waals surface area contributed by atoms with Crippen LogP contribution in [-0.4, -0.2) is 15.6 Å². The van der Waals surface area contributed by atoms with Crippen molar-refractivity contribution in [2.24, 2.45) is 23.7 Å². The number of hydrogen-bond donors (Lipinski definition) is 0. The highest BCUT2D eigenvalue weighted by Gasteiger charge is 2.67. The van der Waals surface area contributed by atoms with Gasteiger partial charge in [-0.1, -0.05) is 187 Å². The van der Waals surface area contributed by atoms with Crippen LogP contribution in [0.4, 0.5) is 0 Å². The van der Waals surface area contributed by atoms with E-state index in [4.69, 9.17) is 11.3 Å². The molecule has 2 heteroatoms. The zero-order valence-corrected chi connectivity index (χ0v) is 37.3. The summed E-state index contributed by atoms with van der Waals surface area (Å²) < 4.78 is 7.43. The molecule has 0 amide bonds. The summed E-state index contributed by atoms with van der Waals surface area (Å²) in [6.45, 7) is 26.2. The van der Waals surface area contributed by atoms with Gasteiger partial charge in [0.05, 0.1) is 5.76 Å². The molecule has 0 N–H and O–H groups in total. The molecule has 2 fully saturated rings. The van der Waals surface area contributed by atoms with E-state index >= 15 is 0 Å². The summed E-state index contributed by atoms with van der Waals surface area (Å²) in [4.78, 5) is 0. The van der Waals surface area contributed by atoms with Gasteiger partial charge in [0.25, 0.3) is 0 Å². The van der Waals surface area contributed by atoms with Gasteiger partial charge in [-0.05, 0) is 95.8 Å². The van der Waals surface area contributed by atoms with Gasteiger partial charge in [0.1, 0.15) is 6.10 Å². The molecular formula is C50H92OS. The lowest BCUT2D eigenvalue weighted by atomic mass is 9.70. The van der Waals surface area contributed by atoms with Crippen molar-refractivity contribution in [2.75, 3.05) is 0 Å². The predicted molar refractivity (Wildman–Crippen MR) is 238 cm³/mol. The van der Waals surface area contributed by atoms with E-state index in [-0.39, 0.29) is 0 Å². The summed E-state index contributed by atoms with van der Waals surface area (Å²) in [5.74, 6) is 3.91. The van der Waals surface area contributed by atoms with Crippen molar-refractivity contribution in [3.05, 3.63) is 36.6 Å². The number of allylic oxidation sites excluding steroid dienone is 4. The SMILES string of the molecule is C=C(CC1CCC(OC(=C)CCCC)C1C/C=C\CC)CC(CCCCCCCC)C1(C)SC1(C)C(CCCCCCCC)CCCCCCCC. The van der Waals surface area contributed by atoms with E-state index in [9.17, 15) is 0 Å². The molecule has 0 bridgehead atoms. The van der Waals surface area contributed by atoms with E-state index in [1.165, 1.54) is 179 Å². The van der Waals surface area contributed by atoms with Crippen LogP contribution in [0.15, 0.2) is 36.6 Å². The maximum Gasteiger partial charge on any atom is 0.102 e. The van der Waals surface area contributed by atoms with Gasteiger partial charge in [-0.15, -0.1) is 11.8 Å². The summed E-state index contributed by atoms with van der Waals surface area (Å²) in [5, 5.41) is 0. The maximum absolute atomic E-state index is 6.62. The van der Waals surface area contributed by atoms with E-state index in [2.05, 4.69) is 79.0 Å². The fourth-order valence-corrected chi connectivity index (χ4v) is 11.8. The van der Waals surface area contributed by atoms with Gasteiger partial charge < -0.3 is 4.74 Å². The van der Waals surface area contributed by atoms with Gasteiger partial charge >= 0.3 is 0 Å². The first-order chi connectivity index (χ1) is 25.2. The van der Waals surface area contributed by atoms with Gasteiger partial charge in [0.15, 0.2) is 0 Å². The topological polar surface area (TPSA) is 9.23 Å². The lowest BCUT2D eigenvalue weighted by Crippen LogP contribution is -2.35. The second-order valence-corrected chi connectivity index (χ2v) is 19.9. The molecule has 0 spiro atoms. The van der Waals surface area contributed by atoms with Crippen molar-refractivity contribution in [2.45, 2.75) is 257 Å². The summed E-state index contributed by atoms with van der Waals surface area (Å²) in [6, 6.07) is 0. The van der Waals surface area contributed by atoms with Crippen LogP contribution in [0.3, 0.4) is 0 Å². The number of ether oxygens (including phenoxy) is 1. The fourth-order valence-electron chi connectivity index (χ4n) is 9.90. The molecule has 1 saturated carbocycles. The largest absolute Gasteiger partial charge is 0.495 e. The Morgan fingerprint density at radius 3 is 1.63 bits per heavy atom. The highest BCUT2D eigenvalue weighted by molar-refractivity contribution is 8.09. The summed E-state index contributed by atoms with van der Waals surface area (Å²) in [7, 11) is 0. The fraction of sp³-hybridized carbons (Fsp3) is 0.880. The standard InChI is InChI=1S/C50H92OS/c1-10-15-20-23-26-30-34-45(35-31-27-24-21-16-11-2)49(8)50(9,52-49)46(36-32-28-25-22-17-12-3)41-42(6)40-44-38-39-48(47(44)37-29-18-13-4)51-43(7)33-19-14-5/h18,29,44-48H,6-7,10-17,19-28,30-41H2,1-5,8-9H3/b29-18-. The van der Waals surface area contributed by atoms with E-state index < -0.39 is 0 Å². The average molecular weight is 741 g/mol. The molecule has 1 aliphatic heterocycles. The van der Waals surface area contributed by atoms with Gasteiger partial charge in [0, 0.05) is 21.8 Å². The van der Waals surface area contributed by atoms with Crippen LogP contribution in [0.5, 0.6) is 0 Å². The Balaban J connectivity index is 2.17. The van der Waals surface area contributed by atoms with Crippen molar-refractivity contribution >= 4 is 11.8 Å². The Morgan fingerprint density at radius 1 is 0.635 bits per heavy atom. The minimum Gasteiger partial charge on any atom is -0.495 e. The smallest absolute Gasteiger partial charge is 0.102 e. The third kappa shape index (κ3) is 17.0. The molecule has 0 aromatic rings. The highest BCUT2D eigenvalue weighted by Crippen LogP contribution is 2.73. The van der Waals surface area contributed by atoms with E-state index in [0.717, 1.165) is 36.9 Å². The van der Waals surface area contributed by atoms with Crippen molar-refractivity contribution in [1.82, 2.24) is 0 Å². The van der Waals surface area contributed by atoms with Gasteiger partial charge in [-0.2, -0.15) is 0 Å². The molecule has 1 nitrogen and oxygen atoms in total. The number of unbranched alkanes of at least 4 members (excludes halogenated alkanes) is 16. The van der Waals surface area contributed by atoms with Crippen LogP contribution in [-0.2, 0) is 4.74 Å². The summed E-state index contributed by atoms with van der Waals surface area (Å²) in [5.41, 5.74) is 1.54. The van der Waals surface area contributed by atoms with E-state index in [1.54, 1.807) is 0 Å². The first-order valence-corrected chi connectivity index (χ1v) is 24.4. The molecule has 304 valence electrons. The van der Waals surface area contributed by atoms with Gasteiger partial charge in [-0.3, -0.25) is 0 Å². The van der Waals surface area contributed by atoms with Crippen LogP contribution in [0, 0.1) is 23.7 Å². The molecule has 1 aliphatic carbocycles. The summed E-state index contributed by atoms with van der Waals surface area (Å²) in [6.07, 6.45) is 45.4. The van der Waals surface area contributed by atoms with Crippen molar-refractivity contribution in [1.29, 1.82) is 0 Å². The van der Waals surface area contributed by atoms with E-state index in [0.29, 0.717) is 27.4 Å². The maximum atomic E-state index is 6.62. The molecule has 52 heavy (non-hydrogen) atoms. The number of thioether (sulfide) groups is 1. The zero-order chi connectivity index (χ0) is 38.1. The molecule has 2 aliphatic rings. The van der Waals surface area contributed by atoms with E-state index in [1.807, 2.05) is 0 Å². The molecule has 0 aromatic carbocycles. The van der Waals surface area contributed by atoms with Gasteiger partial charge in [-0.25, -0.2) is 0 Å². The van der Waals surface area contributed by atoms with Crippen LogP contribution < -0.4 is 0 Å². The third-order valence-corrected chi connectivity index (χ3v) is 15.7. The normalized spacial score (nSPS) is 25.0. The Labute approximate surface area is 332 Å². The van der Waals surface area contributed by atoms with Crippen LogP contribution in [0.25, 0.3) is 0 Å². The Hall–Kier alpha value is -0.630. The molecule has 0 radical (unpaired) electrons. The first-order valence-electron chi connectivity index (χ1n) is 23.6. The Kier molecular flexibility index (Phi) is 25.5. The monoisotopic (exact) mass is 741 g/mol. The highest BCUT2D eigenvalue weighted by atomic mass is 32.2. The second-order valence-electron chi connectivity index (χ2n) is 18.0. The lowest BCUT2D eigenvalue weighted by molar-refractivity contribution is 0.0684. The summed E-state index contributed by atoms with van der Waals surface area (Å²) >= 11 is 2.41. The van der Waals surface area contributed by atoms with Crippen LogP contribution >= 0.6 is 11.8 Å². The molecule has 2 rings (SSSR count). The first kappa shape index (κ1) is 47.5. The second kappa shape index (κ2) is 27.9. The Bertz CT molecular complexity index is 936. The minimum absolute atomic E-state index is 0.326. The number of rotatable bonds is 35. The van der Waals surface area contributed by atoms with Crippen molar-refractivity contribution in [3.63, 3.8) is 0 Å². The molecule has 6 atom stereocenters. The molecule has 1 heterocycles. The average Bonchev–Trinajstić information content (AvgIpc) is 3.53. The quantitative estimate of drug-likeness (QED) is 0.0277. The predicted octanol–water partition coefficient (Wildman–Crippen LogP) is 17.5. The Morgan fingerprint density at radius 2 is 1.12 bits per heavy atom. The molecular weight excluding hydrogens is 649 g/mol. The molecule has 1 saturated heterocycles. The zero-order valence-electron chi connectivity index (χ0n) is 36.5. The minimum atomic E-state index is 0.326. The number of hydrogen-bond acceptors (Lipinski definition) is 2. The van der Waals surface area contributed by atoms with Crippen molar-refractivity contribution in [3.8, 4) is 0 Å². The van der Waals surface area contributed by atoms with Gasteiger partial charge in [0.2, 0.25) is 0 Å². The molecule has 0 aromatic heterocycles. The van der Waals surface area contributed by atoms with Crippen LogP contribution in [0.2, 0.25) is 0 Å². The van der Waals surface area contributed by atoms with Crippen LogP contribution in [0.1, 0.15) is 241 Å². The molecule has 6 unspecified atom stereocenters.